The van der Waals surface area contributed by atoms with Gasteiger partial charge in [-0.3, -0.25) is 0 Å². The van der Waals surface area contributed by atoms with Gasteiger partial charge < -0.3 is 33.6 Å². The summed E-state index contributed by atoms with van der Waals surface area (Å²) >= 11 is 0. The Kier molecular flexibility index (Phi) is 9.78. The van der Waals surface area contributed by atoms with Crippen molar-refractivity contribution in [2.75, 3.05) is 0 Å². The van der Waals surface area contributed by atoms with E-state index in [4.69, 9.17) is 8.83 Å². The van der Waals surface area contributed by atoms with Crippen LogP contribution in [-0.4, -0.2) is 0 Å². The van der Waals surface area contributed by atoms with Crippen molar-refractivity contribution < 1.29 is 59.5 Å². The third kappa shape index (κ3) is 5.37. The summed E-state index contributed by atoms with van der Waals surface area (Å²) in [7, 11) is 0. The van der Waals surface area contributed by atoms with Gasteiger partial charge in [0.25, 0.3) is 0 Å². The van der Waals surface area contributed by atoms with Gasteiger partial charge in [-0.2, -0.15) is 0 Å². The SMILES string of the molecule is CC1C(c2ccco2)=[C-]c2ccccc21.CC1C(c2ccco2)=[C-]c2ccccc21.[Cl-].[Cl-].[Hf+4]. The molecule has 0 bridgehead atoms. The molecule has 0 saturated heterocycles. The Morgan fingerprint density at radius 2 is 0.970 bits per heavy atom. The molecule has 164 valence electrons. The number of benzene rings is 2. The molecule has 0 saturated carbocycles. The van der Waals surface area contributed by atoms with Gasteiger partial charge in [-0.25, -0.2) is 0 Å². The van der Waals surface area contributed by atoms with Crippen molar-refractivity contribution in [2.45, 2.75) is 25.7 Å². The molecule has 2 aromatic carbocycles. The summed E-state index contributed by atoms with van der Waals surface area (Å²) in [5.41, 5.74) is 7.36. The van der Waals surface area contributed by atoms with Crippen LogP contribution in [0.4, 0.5) is 0 Å². The van der Waals surface area contributed by atoms with Crippen LogP contribution in [-0.2, 0) is 25.8 Å². The first-order valence-electron chi connectivity index (χ1n) is 10.3. The van der Waals surface area contributed by atoms with Gasteiger partial charge in [-0.15, -0.1) is 70.8 Å². The normalized spacial score (nSPS) is 17.0. The zero-order valence-corrected chi connectivity index (χ0v) is 23.4. The summed E-state index contributed by atoms with van der Waals surface area (Å²) in [6.45, 7) is 4.38. The third-order valence-corrected chi connectivity index (χ3v) is 5.83. The van der Waals surface area contributed by atoms with Crippen molar-refractivity contribution >= 4 is 11.1 Å². The summed E-state index contributed by atoms with van der Waals surface area (Å²) in [6.07, 6.45) is 10.2. The minimum atomic E-state index is 0. The van der Waals surface area contributed by atoms with Gasteiger partial charge in [-0.05, 0) is 24.0 Å². The van der Waals surface area contributed by atoms with Crippen molar-refractivity contribution in [1.82, 2.24) is 0 Å². The molecule has 0 N–H and O–H groups in total. The minimum Gasteiger partial charge on any atom is -1.00 e. The van der Waals surface area contributed by atoms with E-state index in [1.807, 2.05) is 36.4 Å². The van der Waals surface area contributed by atoms with E-state index in [2.05, 4.69) is 62.4 Å². The first-order valence-corrected chi connectivity index (χ1v) is 10.3. The monoisotopic (exact) mass is 640 g/mol. The van der Waals surface area contributed by atoms with E-state index < -0.39 is 0 Å². The quantitative estimate of drug-likeness (QED) is 0.244. The molecule has 4 aromatic rings. The van der Waals surface area contributed by atoms with Crippen LogP contribution in [0.15, 0.2) is 94.2 Å². The maximum atomic E-state index is 5.42. The van der Waals surface area contributed by atoms with E-state index in [0.29, 0.717) is 11.8 Å². The number of halogens is 2. The van der Waals surface area contributed by atoms with E-state index in [9.17, 15) is 0 Å². The topological polar surface area (TPSA) is 26.3 Å². The average Bonchev–Trinajstić information content (AvgIpc) is 3.56. The van der Waals surface area contributed by atoms with E-state index >= 15 is 0 Å². The average molecular weight is 640 g/mol. The van der Waals surface area contributed by atoms with Crippen molar-refractivity contribution in [1.29, 1.82) is 0 Å². The van der Waals surface area contributed by atoms with Crippen LogP contribution < -0.4 is 24.8 Å². The number of furan rings is 2. The first kappa shape index (κ1) is 27.2. The van der Waals surface area contributed by atoms with E-state index in [1.165, 1.54) is 22.3 Å². The molecule has 0 radical (unpaired) electrons. The number of allylic oxidation sites excluding steroid dienone is 2. The molecule has 0 fully saturated rings. The third-order valence-electron chi connectivity index (χ3n) is 5.83. The molecule has 2 aliphatic carbocycles. The van der Waals surface area contributed by atoms with Crippen LogP contribution in [0, 0.1) is 12.2 Å². The summed E-state index contributed by atoms with van der Waals surface area (Å²) in [5.74, 6) is 2.62. The fraction of sp³-hybridized carbons (Fsp3) is 0.143. The Balaban J connectivity index is 0.000000214. The zero-order chi connectivity index (χ0) is 20.5. The molecule has 2 heterocycles. The minimum absolute atomic E-state index is 0. The molecule has 2 aromatic heterocycles. The first-order chi connectivity index (χ1) is 14.7. The molecule has 2 unspecified atom stereocenters. The number of hydrogen-bond donors (Lipinski definition) is 0. The maximum absolute atomic E-state index is 5.42. The molecule has 2 aliphatic rings. The predicted molar refractivity (Wildman–Crippen MR) is 119 cm³/mol. The summed E-state index contributed by atoms with van der Waals surface area (Å²) in [6, 6.07) is 24.6. The van der Waals surface area contributed by atoms with Crippen molar-refractivity contribution in [3.05, 3.63) is 131 Å². The van der Waals surface area contributed by atoms with Gasteiger partial charge in [0.1, 0.15) is 0 Å². The molecule has 0 aliphatic heterocycles. The molecule has 0 spiro atoms. The van der Waals surface area contributed by atoms with E-state index in [1.54, 1.807) is 12.5 Å². The van der Waals surface area contributed by atoms with Gasteiger partial charge in [0, 0.05) is 0 Å². The molecular formula is C28H22Cl2HfO2. The summed E-state index contributed by atoms with van der Waals surface area (Å²) < 4.78 is 10.8. The van der Waals surface area contributed by atoms with Crippen molar-refractivity contribution in [3.8, 4) is 0 Å². The van der Waals surface area contributed by atoms with Crippen LogP contribution in [0.3, 0.4) is 0 Å². The Bertz CT molecular complexity index is 1130. The molecule has 0 amide bonds. The molecule has 5 heteroatoms. The second-order valence-corrected chi connectivity index (χ2v) is 7.65. The smallest absolute Gasteiger partial charge is 1.00 e. The zero-order valence-electron chi connectivity index (χ0n) is 18.3. The van der Waals surface area contributed by atoms with Crippen LogP contribution in [0.2, 0.25) is 0 Å². The molecule has 6 rings (SSSR count). The largest absolute Gasteiger partial charge is 4.00 e. The molecule has 2 nitrogen and oxygen atoms in total. The van der Waals surface area contributed by atoms with Gasteiger partial charge in [0.15, 0.2) is 0 Å². The number of rotatable bonds is 2. The Morgan fingerprint density at radius 1 is 0.576 bits per heavy atom. The number of hydrogen-bond acceptors (Lipinski definition) is 2. The molecule has 33 heavy (non-hydrogen) atoms. The van der Waals surface area contributed by atoms with Gasteiger partial charge >= 0.3 is 25.8 Å². The second kappa shape index (κ2) is 11.9. The van der Waals surface area contributed by atoms with Gasteiger partial charge in [0.05, 0.1) is 24.0 Å². The van der Waals surface area contributed by atoms with Crippen LogP contribution in [0.5, 0.6) is 0 Å². The Hall–Kier alpha value is -2.07. The summed E-state index contributed by atoms with van der Waals surface area (Å²) in [4.78, 5) is 0. The van der Waals surface area contributed by atoms with E-state index in [-0.39, 0.29) is 50.7 Å². The molecule has 2 atom stereocenters. The second-order valence-electron chi connectivity index (χ2n) is 7.65. The van der Waals surface area contributed by atoms with E-state index in [0.717, 1.165) is 22.7 Å². The van der Waals surface area contributed by atoms with Gasteiger partial charge in [0.2, 0.25) is 0 Å². The van der Waals surface area contributed by atoms with Crippen molar-refractivity contribution in [3.63, 3.8) is 0 Å². The standard InChI is InChI=1S/2C14H11O.2ClH.Hf/c2*1-10-12-6-3-2-5-11(12)9-13(10)14-7-4-8-15-14;;;/h2*2-8,10H,1H3;2*1H;/q2*-1;;;+4/p-2. The fourth-order valence-electron chi connectivity index (χ4n) is 4.21. The Morgan fingerprint density at radius 3 is 1.30 bits per heavy atom. The van der Waals surface area contributed by atoms with Crippen molar-refractivity contribution in [2.24, 2.45) is 0 Å². The Labute approximate surface area is 226 Å². The van der Waals surface area contributed by atoms with Crippen LogP contribution >= 0.6 is 0 Å². The predicted octanol–water partition coefficient (Wildman–Crippen LogP) is 1.27. The van der Waals surface area contributed by atoms with Gasteiger partial charge in [-0.1, -0.05) is 49.3 Å². The van der Waals surface area contributed by atoms with Crippen LogP contribution in [0.25, 0.3) is 11.1 Å². The summed E-state index contributed by atoms with van der Waals surface area (Å²) in [5, 5.41) is 0. The fourth-order valence-corrected chi connectivity index (χ4v) is 4.21. The maximum Gasteiger partial charge on any atom is 4.00 e. The number of fused-ring (bicyclic) bond motifs is 2. The molecular weight excluding hydrogens is 618 g/mol. The van der Waals surface area contributed by atoms with Crippen LogP contribution in [0.1, 0.15) is 59.5 Å².